The Morgan fingerprint density at radius 1 is 1.37 bits per heavy atom. The average molecular weight is 310 g/mol. The molecule has 1 unspecified atom stereocenters. The van der Waals surface area contributed by atoms with E-state index >= 15 is 0 Å². The van der Waals surface area contributed by atoms with Gasteiger partial charge >= 0.3 is 0 Å². The molecule has 0 spiro atoms. The lowest BCUT2D eigenvalue weighted by Crippen LogP contribution is -2.12. The smallest absolute Gasteiger partial charge is 0.186 e. The van der Waals surface area contributed by atoms with Gasteiger partial charge in [0.2, 0.25) is 0 Å². The van der Waals surface area contributed by atoms with Crippen molar-refractivity contribution in [2.75, 3.05) is 0 Å². The maximum absolute atomic E-state index is 12.4. The average Bonchev–Trinajstić information content (AvgIpc) is 2.71. The molecule has 0 aliphatic rings. The summed E-state index contributed by atoms with van der Waals surface area (Å²) in [6, 6.07) is 10.9. The lowest BCUT2D eigenvalue weighted by molar-refractivity contribution is 0.0979. The Labute approximate surface area is 125 Å². The third-order valence-corrected chi connectivity index (χ3v) is 4.30. The first-order valence-corrected chi connectivity index (χ1v) is 7.06. The zero-order valence-electron chi connectivity index (χ0n) is 9.98. The van der Waals surface area contributed by atoms with Crippen LogP contribution in [0.15, 0.2) is 30.3 Å². The molecule has 1 atom stereocenters. The minimum atomic E-state index is -0.857. The zero-order chi connectivity index (χ0) is 14.0. The number of benzene rings is 1. The Bertz CT molecular complexity index is 672. The normalized spacial score (nSPS) is 11.9. The van der Waals surface area contributed by atoms with Crippen LogP contribution < -0.4 is 0 Å². The van der Waals surface area contributed by atoms with Crippen LogP contribution in [0, 0.1) is 18.3 Å². The third-order valence-electron chi connectivity index (χ3n) is 2.81. The highest BCUT2D eigenvalue weighted by atomic mass is 35.5. The van der Waals surface area contributed by atoms with Crippen LogP contribution in [0.2, 0.25) is 8.67 Å². The van der Waals surface area contributed by atoms with Gasteiger partial charge in [-0.1, -0.05) is 47.5 Å². The van der Waals surface area contributed by atoms with Gasteiger partial charge in [0.25, 0.3) is 0 Å². The largest absolute Gasteiger partial charge is 0.292 e. The standard InChI is InChI=1S/C14H9Cl2NOS/c1-8-4-2-3-5-9(8)11(7-17)13(18)10-6-12(15)19-14(10)16/h2-6,11H,1H3. The van der Waals surface area contributed by atoms with Gasteiger partial charge in [0.15, 0.2) is 5.78 Å². The van der Waals surface area contributed by atoms with E-state index in [-0.39, 0.29) is 5.78 Å². The summed E-state index contributed by atoms with van der Waals surface area (Å²) in [4.78, 5) is 12.4. The molecule has 0 bridgehead atoms. The van der Waals surface area contributed by atoms with E-state index in [2.05, 4.69) is 0 Å². The number of hydrogen-bond acceptors (Lipinski definition) is 3. The van der Waals surface area contributed by atoms with Crippen molar-refractivity contribution in [3.63, 3.8) is 0 Å². The second-order valence-electron chi connectivity index (χ2n) is 4.02. The van der Waals surface area contributed by atoms with Gasteiger partial charge in [0.05, 0.1) is 16.0 Å². The van der Waals surface area contributed by atoms with E-state index < -0.39 is 5.92 Å². The van der Waals surface area contributed by atoms with Crippen LogP contribution in [0.3, 0.4) is 0 Å². The van der Waals surface area contributed by atoms with E-state index in [0.717, 1.165) is 16.9 Å². The van der Waals surface area contributed by atoms with Crippen LogP contribution in [-0.2, 0) is 0 Å². The van der Waals surface area contributed by atoms with Gasteiger partial charge in [-0.15, -0.1) is 11.3 Å². The van der Waals surface area contributed by atoms with Gasteiger partial charge in [-0.3, -0.25) is 4.79 Å². The highest BCUT2D eigenvalue weighted by molar-refractivity contribution is 7.20. The first-order valence-electron chi connectivity index (χ1n) is 5.48. The molecule has 0 amide bonds. The molecule has 0 saturated carbocycles. The summed E-state index contributed by atoms with van der Waals surface area (Å²) in [5.41, 5.74) is 1.92. The van der Waals surface area contributed by atoms with E-state index in [1.165, 1.54) is 6.07 Å². The highest BCUT2D eigenvalue weighted by Crippen LogP contribution is 2.34. The van der Waals surface area contributed by atoms with Crippen molar-refractivity contribution in [3.05, 3.63) is 55.7 Å². The minimum Gasteiger partial charge on any atom is -0.292 e. The Hall–Kier alpha value is -1.34. The van der Waals surface area contributed by atoms with Crippen molar-refractivity contribution in [2.24, 2.45) is 0 Å². The molecule has 1 heterocycles. The van der Waals surface area contributed by atoms with Crippen LogP contribution in [0.1, 0.15) is 27.4 Å². The van der Waals surface area contributed by atoms with Crippen LogP contribution in [0.5, 0.6) is 0 Å². The second-order valence-corrected chi connectivity index (χ2v) is 6.31. The van der Waals surface area contributed by atoms with E-state index in [0.29, 0.717) is 19.8 Å². The Balaban J connectivity index is 2.44. The van der Waals surface area contributed by atoms with Crippen molar-refractivity contribution in [1.29, 1.82) is 5.26 Å². The van der Waals surface area contributed by atoms with Crippen molar-refractivity contribution in [3.8, 4) is 6.07 Å². The predicted molar refractivity (Wildman–Crippen MR) is 78.2 cm³/mol. The lowest BCUT2D eigenvalue weighted by Gasteiger charge is -2.10. The molecule has 0 N–H and O–H groups in total. The third kappa shape index (κ3) is 2.82. The number of nitrogens with zero attached hydrogens (tertiary/aromatic N) is 1. The molecule has 96 valence electrons. The number of hydrogen-bond donors (Lipinski definition) is 0. The molecular weight excluding hydrogens is 301 g/mol. The quantitative estimate of drug-likeness (QED) is 0.760. The summed E-state index contributed by atoms with van der Waals surface area (Å²) in [7, 11) is 0. The second kappa shape index (κ2) is 5.75. The minimum absolute atomic E-state index is 0.312. The molecule has 0 radical (unpaired) electrons. The molecule has 0 aliphatic heterocycles. The Kier molecular flexibility index (Phi) is 4.26. The number of thiophene rings is 1. The summed E-state index contributed by atoms with van der Waals surface area (Å²) < 4.78 is 0.763. The molecule has 0 aliphatic carbocycles. The first kappa shape index (κ1) is 14.1. The van der Waals surface area contributed by atoms with Crippen LogP contribution in [0.25, 0.3) is 0 Å². The maximum Gasteiger partial charge on any atom is 0.186 e. The fourth-order valence-electron chi connectivity index (χ4n) is 1.84. The first-order chi connectivity index (χ1) is 9.04. The van der Waals surface area contributed by atoms with Crippen LogP contribution in [0.4, 0.5) is 0 Å². The molecule has 2 rings (SSSR count). The van der Waals surface area contributed by atoms with Gasteiger partial charge in [-0.05, 0) is 24.1 Å². The zero-order valence-corrected chi connectivity index (χ0v) is 12.3. The summed E-state index contributed by atoms with van der Waals surface area (Å²) in [5.74, 6) is -1.17. The number of halogens is 2. The molecule has 2 nitrogen and oxygen atoms in total. The van der Waals surface area contributed by atoms with E-state index in [1.807, 2.05) is 31.2 Å². The number of rotatable bonds is 3. The molecule has 19 heavy (non-hydrogen) atoms. The number of Topliss-reactive ketones (excluding diaryl/α,β-unsaturated/α-hetero) is 1. The topological polar surface area (TPSA) is 40.9 Å². The molecule has 0 fully saturated rings. The van der Waals surface area contributed by atoms with Crippen molar-refractivity contribution in [1.82, 2.24) is 0 Å². The summed E-state index contributed by atoms with van der Waals surface area (Å²) >= 11 is 12.9. The van der Waals surface area contributed by atoms with Gasteiger partial charge in [-0.25, -0.2) is 0 Å². The summed E-state index contributed by atoms with van der Waals surface area (Å²) in [5, 5.41) is 9.29. The van der Waals surface area contributed by atoms with E-state index in [1.54, 1.807) is 6.07 Å². The summed E-state index contributed by atoms with van der Waals surface area (Å²) in [6.45, 7) is 1.87. The van der Waals surface area contributed by atoms with Crippen molar-refractivity contribution in [2.45, 2.75) is 12.8 Å². The Morgan fingerprint density at radius 2 is 2.05 bits per heavy atom. The maximum atomic E-state index is 12.4. The number of carbonyl (C=O) groups is 1. The van der Waals surface area contributed by atoms with Crippen LogP contribution >= 0.6 is 34.5 Å². The molecule has 0 saturated heterocycles. The predicted octanol–water partition coefficient (Wildman–Crippen LogP) is 4.85. The number of carbonyl (C=O) groups excluding carboxylic acids is 1. The molecule has 1 aromatic carbocycles. The van der Waals surface area contributed by atoms with E-state index in [4.69, 9.17) is 23.2 Å². The fraction of sp³-hybridized carbons (Fsp3) is 0.143. The monoisotopic (exact) mass is 309 g/mol. The van der Waals surface area contributed by atoms with Gasteiger partial charge < -0.3 is 0 Å². The molecule has 1 aromatic heterocycles. The number of aryl methyl sites for hydroxylation is 1. The van der Waals surface area contributed by atoms with Gasteiger partial charge in [0, 0.05) is 0 Å². The number of ketones is 1. The SMILES string of the molecule is Cc1ccccc1C(C#N)C(=O)c1cc(Cl)sc1Cl. The summed E-state index contributed by atoms with van der Waals surface area (Å²) in [6.07, 6.45) is 0. The van der Waals surface area contributed by atoms with Crippen molar-refractivity contribution < 1.29 is 4.79 Å². The Morgan fingerprint density at radius 3 is 2.58 bits per heavy atom. The fourth-order valence-corrected chi connectivity index (χ4v) is 3.32. The van der Waals surface area contributed by atoms with Gasteiger partial charge in [0.1, 0.15) is 10.3 Å². The van der Waals surface area contributed by atoms with E-state index in [9.17, 15) is 10.1 Å². The lowest BCUT2D eigenvalue weighted by atomic mass is 9.90. The molecule has 2 aromatic rings. The van der Waals surface area contributed by atoms with Crippen LogP contribution in [-0.4, -0.2) is 5.78 Å². The molecule has 5 heteroatoms. The van der Waals surface area contributed by atoms with Crippen molar-refractivity contribution >= 4 is 40.3 Å². The highest BCUT2D eigenvalue weighted by Gasteiger charge is 2.26. The number of nitriles is 1. The van der Waals surface area contributed by atoms with Gasteiger partial charge in [-0.2, -0.15) is 5.26 Å². The molecular formula is C14H9Cl2NOS.